The van der Waals surface area contributed by atoms with Crippen LogP contribution in [-0.2, 0) is 32.7 Å². The second-order valence-corrected chi connectivity index (χ2v) is 15.1. The molecule has 0 heterocycles. The van der Waals surface area contributed by atoms with Crippen molar-refractivity contribution >= 4 is 19.8 Å². The average molecular weight is 769 g/mol. The van der Waals surface area contributed by atoms with Gasteiger partial charge in [0, 0.05) is 12.8 Å². The standard InChI is InChI=1S/C40H75O10P.Na/c1-3-5-7-9-11-13-15-17-18-20-22-24-26-28-30-32-40(44)50-38(36-49-51(45,46)48-34-37(42)33-41)35-47-39(43)31-29-27-25-23-21-19-16-14-12-10-8-6-4-2;/h11,13,17-18,37-38,41-42H,3-10,12,14-16,19-36H2,1-2H3,(H,45,46);/q;+1/p-1. The van der Waals surface area contributed by atoms with Crippen molar-refractivity contribution in [1.82, 2.24) is 0 Å². The third-order valence-corrected chi connectivity index (χ3v) is 9.53. The molecule has 0 aliphatic heterocycles. The number of aliphatic hydroxyl groups is 2. The van der Waals surface area contributed by atoms with Crippen molar-refractivity contribution in [2.45, 2.75) is 193 Å². The molecule has 3 unspecified atom stereocenters. The third kappa shape index (κ3) is 39.2. The van der Waals surface area contributed by atoms with E-state index in [9.17, 15) is 24.2 Å². The Labute approximate surface area is 339 Å². The summed E-state index contributed by atoms with van der Waals surface area (Å²) < 4.78 is 32.2. The molecule has 3 atom stereocenters. The topological polar surface area (TPSA) is 152 Å². The van der Waals surface area contributed by atoms with Crippen LogP contribution in [0.15, 0.2) is 24.3 Å². The van der Waals surface area contributed by atoms with Crippen LogP contribution in [0.1, 0.15) is 181 Å². The number of aliphatic hydroxyl groups excluding tert-OH is 2. The first-order valence-corrected chi connectivity index (χ1v) is 21.7. The Balaban J connectivity index is 0. The molecule has 52 heavy (non-hydrogen) atoms. The van der Waals surface area contributed by atoms with E-state index in [2.05, 4.69) is 42.7 Å². The summed E-state index contributed by atoms with van der Waals surface area (Å²) in [7, 11) is -4.86. The number of phosphoric ester groups is 1. The zero-order chi connectivity index (χ0) is 37.7. The molecule has 12 heteroatoms. The molecule has 10 nitrogen and oxygen atoms in total. The maximum absolute atomic E-state index is 12.5. The summed E-state index contributed by atoms with van der Waals surface area (Å²) in [5.41, 5.74) is 0. The number of esters is 2. The van der Waals surface area contributed by atoms with Crippen LogP contribution in [0.3, 0.4) is 0 Å². The van der Waals surface area contributed by atoms with Gasteiger partial charge in [-0.25, -0.2) is 0 Å². The van der Waals surface area contributed by atoms with Gasteiger partial charge in [0.1, 0.15) is 12.7 Å². The number of carbonyl (C=O) groups is 2. The summed E-state index contributed by atoms with van der Waals surface area (Å²) in [6.45, 7) is 2.15. The zero-order valence-corrected chi connectivity index (χ0v) is 36.2. The van der Waals surface area contributed by atoms with Gasteiger partial charge in [0.25, 0.3) is 7.82 Å². The molecule has 0 aromatic rings. The van der Waals surface area contributed by atoms with Crippen LogP contribution in [0.2, 0.25) is 0 Å². The average Bonchev–Trinajstić information content (AvgIpc) is 3.12. The minimum Gasteiger partial charge on any atom is -0.756 e. The molecule has 0 saturated carbocycles. The van der Waals surface area contributed by atoms with E-state index in [-0.39, 0.29) is 49.0 Å². The molecule has 0 spiro atoms. The summed E-state index contributed by atoms with van der Waals surface area (Å²) in [5, 5.41) is 18.2. The predicted molar refractivity (Wildman–Crippen MR) is 203 cm³/mol. The third-order valence-electron chi connectivity index (χ3n) is 8.60. The van der Waals surface area contributed by atoms with Crippen LogP contribution in [0.4, 0.5) is 0 Å². The van der Waals surface area contributed by atoms with Crippen LogP contribution >= 0.6 is 7.82 Å². The first kappa shape index (κ1) is 53.6. The Morgan fingerprint density at radius 2 is 1.04 bits per heavy atom. The van der Waals surface area contributed by atoms with Gasteiger partial charge in [-0.1, -0.05) is 147 Å². The van der Waals surface area contributed by atoms with Crippen LogP contribution in [0.5, 0.6) is 0 Å². The summed E-state index contributed by atoms with van der Waals surface area (Å²) >= 11 is 0. The maximum Gasteiger partial charge on any atom is 1.00 e. The van der Waals surface area contributed by atoms with Gasteiger partial charge >= 0.3 is 41.5 Å². The number of unbranched alkanes of at least 4 members (excludes halogenated alkanes) is 20. The van der Waals surface area contributed by atoms with Gasteiger partial charge in [-0.2, -0.15) is 0 Å². The van der Waals surface area contributed by atoms with Gasteiger partial charge in [-0.3, -0.25) is 14.2 Å². The molecule has 0 radical (unpaired) electrons. The van der Waals surface area contributed by atoms with Crippen LogP contribution in [0, 0.1) is 0 Å². The molecule has 0 aliphatic rings. The number of rotatable bonds is 38. The number of allylic oxidation sites excluding steroid dienone is 4. The summed E-state index contributed by atoms with van der Waals surface area (Å²) in [6, 6.07) is 0. The molecule has 0 bridgehead atoms. The van der Waals surface area contributed by atoms with E-state index in [1.807, 2.05) is 0 Å². The minimum absolute atomic E-state index is 0. The van der Waals surface area contributed by atoms with Crippen molar-refractivity contribution in [3.05, 3.63) is 24.3 Å². The van der Waals surface area contributed by atoms with Gasteiger partial charge in [-0.15, -0.1) is 0 Å². The fourth-order valence-corrected chi connectivity index (χ4v) is 6.21. The smallest absolute Gasteiger partial charge is 0.756 e. The minimum atomic E-state index is -4.86. The Kier molecular flexibility index (Phi) is 41.3. The van der Waals surface area contributed by atoms with E-state index in [0.29, 0.717) is 12.8 Å². The van der Waals surface area contributed by atoms with Crippen LogP contribution in [-0.4, -0.2) is 60.8 Å². The number of phosphoric acid groups is 1. The molecule has 2 N–H and O–H groups in total. The van der Waals surface area contributed by atoms with Crippen molar-refractivity contribution in [2.75, 3.05) is 26.4 Å². The summed E-state index contributed by atoms with van der Waals surface area (Å²) in [6.07, 6.45) is 34.0. The molecule has 0 rings (SSSR count). The van der Waals surface area contributed by atoms with E-state index in [1.165, 1.54) is 77.0 Å². The largest absolute Gasteiger partial charge is 1.00 e. The molecular formula is C40H74NaO10P. The Bertz CT molecular complexity index is 917. The molecule has 0 aromatic carbocycles. The van der Waals surface area contributed by atoms with Crippen LogP contribution < -0.4 is 34.5 Å². The Morgan fingerprint density at radius 3 is 1.56 bits per heavy atom. The van der Waals surface area contributed by atoms with Crippen LogP contribution in [0.25, 0.3) is 0 Å². The van der Waals surface area contributed by atoms with Gasteiger partial charge in [0.2, 0.25) is 0 Å². The molecule has 0 aromatic heterocycles. The van der Waals surface area contributed by atoms with Gasteiger partial charge in [-0.05, 0) is 44.9 Å². The number of hydrogen-bond acceptors (Lipinski definition) is 10. The normalized spacial score (nSPS) is 13.9. The molecule has 300 valence electrons. The number of ether oxygens (including phenoxy) is 2. The summed E-state index contributed by atoms with van der Waals surface area (Å²) in [5.74, 6) is -0.973. The Hall–Kier alpha value is -0.550. The van der Waals surface area contributed by atoms with Gasteiger partial charge in [0.15, 0.2) is 6.10 Å². The van der Waals surface area contributed by atoms with Gasteiger partial charge < -0.3 is 33.6 Å². The SMILES string of the molecule is CCCCCC=CCC=CCCCCCCCC(=O)OC(COC(=O)CCCCCCCCCCCCCCC)COP(=O)([O-])OCC(O)CO.[Na+]. The van der Waals surface area contributed by atoms with Crippen molar-refractivity contribution in [1.29, 1.82) is 0 Å². The molecule has 0 amide bonds. The second-order valence-electron chi connectivity index (χ2n) is 13.6. The van der Waals surface area contributed by atoms with Gasteiger partial charge in [0.05, 0.1) is 19.8 Å². The molecule has 0 aliphatic carbocycles. The van der Waals surface area contributed by atoms with E-state index in [4.69, 9.17) is 19.1 Å². The fourth-order valence-electron chi connectivity index (χ4n) is 5.43. The predicted octanol–water partition coefficient (Wildman–Crippen LogP) is 6.60. The molecule has 0 saturated heterocycles. The molecular weight excluding hydrogens is 694 g/mol. The van der Waals surface area contributed by atoms with Crippen molar-refractivity contribution in [2.24, 2.45) is 0 Å². The van der Waals surface area contributed by atoms with E-state index < -0.39 is 51.8 Å². The molecule has 0 fully saturated rings. The number of carbonyl (C=O) groups excluding carboxylic acids is 2. The van der Waals surface area contributed by atoms with Crippen molar-refractivity contribution in [3.63, 3.8) is 0 Å². The summed E-state index contributed by atoms with van der Waals surface area (Å²) in [4.78, 5) is 37.0. The van der Waals surface area contributed by atoms with E-state index in [1.54, 1.807) is 0 Å². The van der Waals surface area contributed by atoms with Crippen molar-refractivity contribution < 1.29 is 77.3 Å². The Morgan fingerprint density at radius 1 is 0.615 bits per heavy atom. The number of hydrogen-bond donors (Lipinski definition) is 2. The van der Waals surface area contributed by atoms with Crippen molar-refractivity contribution in [3.8, 4) is 0 Å². The second kappa shape index (κ2) is 40.1. The maximum atomic E-state index is 12.5. The quantitative estimate of drug-likeness (QED) is 0.0231. The van der Waals surface area contributed by atoms with E-state index >= 15 is 0 Å². The fraction of sp³-hybridized carbons (Fsp3) is 0.850. The monoisotopic (exact) mass is 768 g/mol. The first-order chi connectivity index (χ1) is 24.7. The first-order valence-electron chi connectivity index (χ1n) is 20.3. The van der Waals surface area contributed by atoms with E-state index in [0.717, 1.165) is 64.2 Å². The zero-order valence-electron chi connectivity index (χ0n) is 33.3.